The van der Waals surface area contributed by atoms with Crippen molar-refractivity contribution in [3.8, 4) is 5.75 Å². The van der Waals surface area contributed by atoms with Gasteiger partial charge in [0.15, 0.2) is 6.61 Å². The van der Waals surface area contributed by atoms with Crippen molar-refractivity contribution >= 4 is 5.91 Å². The van der Waals surface area contributed by atoms with Crippen molar-refractivity contribution in [2.75, 3.05) is 26.9 Å². The van der Waals surface area contributed by atoms with Crippen molar-refractivity contribution in [1.29, 1.82) is 0 Å². The second kappa shape index (κ2) is 8.50. The van der Waals surface area contributed by atoms with Gasteiger partial charge in [-0.3, -0.25) is 4.79 Å². The quantitative estimate of drug-likeness (QED) is 0.734. The molecule has 0 saturated carbocycles. The summed E-state index contributed by atoms with van der Waals surface area (Å²) in [5, 5.41) is 11.6. The van der Waals surface area contributed by atoms with Crippen LogP contribution in [0.25, 0.3) is 0 Å². The third-order valence-corrected chi connectivity index (χ3v) is 2.66. The highest BCUT2D eigenvalue weighted by Crippen LogP contribution is 2.15. The van der Waals surface area contributed by atoms with Crippen LogP contribution in [0.15, 0.2) is 24.3 Å². The highest BCUT2D eigenvalue weighted by molar-refractivity contribution is 5.77. The topological polar surface area (TPSA) is 67.8 Å². The lowest BCUT2D eigenvalue weighted by atomic mass is 10.2. The number of benzene rings is 1. The molecule has 0 aliphatic carbocycles. The maximum Gasteiger partial charge on any atom is 0.258 e. The molecule has 5 nitrogen and oxygen atoms in total. The first kappa shape index (κ1) is 15.5. The molecule has 1 aromatic rings. The van der Waals surface area contributed by atoms with Gasteiger partial charge in [0.05, 0.1) is 12.6 Å². The zero-order chi connectivity index (χ0) is 14.1. The number of rotatable bonds is 8. The Morgan fingerprint density at radius 3 is 2.79 bits per heavy atom. The molecule has 19 heavy (non-hydrogen) atoms. The Hall–Kier alpha value is -1.59. The maximum absolute atomic E-state index is 11.7. The largest absolute Gasteiger partial charge is 0.484 e. The molecule has 0 saturated heterocycles. The number of ether oxygens (including phenoxy) is 2. The lowest BCUT2D eigenvalue weighted by Gasteiger charge is -2.17. The van der Waals surface area contributed by atoms with Crippen molar-refractivity contribution < 1.29 is 19.4 Å². The van der Waals surface area contributed by atoms with E-state index >= 15 is 0 Å². The van der Waals surface area contributed by atoms with Crippen LogP contribution in [0.4, 0.5) is 0 Å². The molecular weight excluding hydrogens is 246 g/mol. The summed E-state index contributed by atoms with van der Waals surface area (Å²) in [6.07, 6.45) is 0.462. The molecule has 106 valence electrons. The monoisotopic (exact) mass is 267 g/mol. The van der Waals surface area contributed by atoms with E-state index in [-0.39, 0.29) is 25.2 Å². The van der Waals surface area contributed by atoms with Crippen LogP contribution in [0.1, 0.15) is 12.0 Å². The molecule has 0 heterocycles. The highest BCUT2D eigenvalue weighted by Gasteiger charge is 2.12. The summed E-state index contributed by atoms with van der Waals surface area (Å²) in [5.41, 5.74) is 0.985. The average Bonchev–Trinajstić information content (AvgIpc) is 2.38. The zero-order valence-corrected chi connectivity index (χ0v) is 11.4. The third kappa shape index (κ3) is 5.72. The molecule has 0 radical (unpaired) electrons. The van der Waals surface area contributed by atoms with Crippen molar-refractivity contribution in [3.63, 3.8) is 0 Å². The molecule has 1 atom stereocenters. The molecule has 0 bridgehead atoms. The van der Waals surface area contributed by atoms with Crippen LogP contribution in [-0.2, 0) is 9.53 Å². The fourth-order valence-corrected chi connectivity index (χ4v) is 1.69. The van der Waals surface area contributed by atoms with E-state index in [1.165, 1.54) is 0 Å². The number of nitrogens with one attached hydrogen (secondary N) is 1. The van der Waals surface area contributed by atoms with Gasteiger partial charge < -0.3 is 19.9 Å². The smallest absolute Gasteiger partial charge is 0.258 e. The van der Waals surface area contributed by atoms with E-state index in [2.05, 4.69) is 5.32 Å². The summed E-state index contributed by atoms with van der Waals surface area (Å²) < 4.78 is 10.4. The van der Waals surface area contributed by atoms with Gasteiger partial charge in [-0.2, -0.15) is 0 Å². The predicted molar refractivity (Wildman–Crippen MR) is 72.2 cm³/mol. The lowest BCUT2D eigenvalue weighted by molar-refractivity contribution is -0.124. The second-order valence-electron chi connectivity index (χ2n) is 4.29. The molecule has 0 aliphatic heterocycles. The predicted octanol–water partition coefficient (Wildman–Crippen LogP) is 0.887. The number of hydrogen-bond donors (Lipinski definition) is 2. The lowest BCUT2D eigenvalue weighted by Crippen LogP contribution is -2.41. The first-order chi connectivity index (χ1) is 9.17. The first-order valence-corrected chi connectivity index (χ1v) is 6.25. The Morgan fingerprint density at radius 2 is 2.16 bits per heavy atom. The fourth-order valence-electron chi connectivity index (χ4n) is 1.69. The van der Waals surface area contributed by atoms with Gasteiger partial charge >= 0.3 is 0 Å². The van der Waals surface area contributed by atoms with Crippen LogP contribution < -0.4 is 10.1 Å². The van der Waals surface area contributed by atoms with Crippen LogP contribution in [0.3, 0.4) is 0 Å². The van der Waals surface area contributed by atoms with E-state index in [1.54, 1.807) is 7.11 Å². The molecule has 0 aliphatic rings. The van der Waals surface area contributed by atoms with E-state index in [0.717, 1.165) is 5.56 Å². The number of para-hydroxylation sites is 1. The van der Waals surface area contributed by atoms with E-state index in [4.69, 9.17) is 14.6 Å². The van der Waals surface area contributed by atoms with Gasteiger partial charge in [0.25, 0.3) is 5.91 Å². The molecule has 5 heteroatoms. The summed E-state index contributed by atoms with van der Waals surface area (Å²) >= 11 is 0. The summed E-state index contributed by atoms with van der Waals surface area (Å²) in [7, 11) is 1.56. The number of amides is 1. The number of hydrogen-bond acceptors (Lipinski definition) is 4. The van der Waals surface area contributed by atoms with Gasteiger partial charge in [-0.05, 0) is 25.0 Å². The molecule has 0 spiro atoms. The number of carbonyl (C=O) groups excluding carboxylic acids is 1. The minimum atomic E-state index is -0.223. The number of aliphatic hydroxyl groups is 1. The van der Waals surface area contributed by atoms with Crippen LogP contribution in [-0.4, -0.2) is 44.0 Å². The van der Waals surface area contributed by atoms with Crippen LogP contribution in [0.5, 0.6) is 5.75 Å². The summed E-state index contributed by atoms with van der Waals surface area (Å²) in [5.74, 6) is 0.474. The Labute approximate surface area is 113 Å². The van der Waals surface area contributed by atoms with Gasteiger partial charge in [-0.15, -0.1) is 0 Å². The average molecular weight is 267 g/mol. The van der Waals surface area contributed by atoms with Gasteiger partial charge in [0.2, 0.25) is 0 Å². The van der Waals surface area contributed by atoms with Crippen LogP contribution in [0, 0.1) is 6.92 Å². The standard InChI is InChI=1S/C14H21NO4/c1-11-5-3-4-6-13(11)19-10-14(17)15-12(7-8-16)9-18-2/h3-6,12,16H,7-10H2,1-2H3,(H,15,17). The minimum absolute atomic E-state index is 0.00690. The summed E-state index contributed by atoms with van der Waals surface area (Å²) in [6, 6.07) is 7.33. The minimum Gasteiger partial charge on any atom is -0.484 e. The Bertz CT molecular complexity index is 389. The number of aryl methyl sites for hydroxylation is 1. The normalized spacial score (nSPS) is 11.9. The van der Waals surface area contributed by atoms with Gasteiger partial charge in [-0.1, -0.05) is 18.2 Å². The number of methoxy groups -OCH3 is 1. The van der Waals surface area contributed by atoms with Crippen LogP contribution in [0.2, 0.25) is 0 Å². The second-order valence-corrected chi connectivity index (χ2v) is 4.29. The SMILES string of the molecule is COCC(CCO)NC(=O)COc1ccccc1C. The zero-order valence-electron chi connectivity index (χ0n) is 11.4. The molecule has 1 amide bonds. The molecule has 2 N–H and O–H groups in total. The van der Waals surface area contributed by atoms with Crippen molar-refractivity contribution in [3.05, 3.63) is 29.8 Å². The van der Waals surface area contributed by atoms with Gasteiger partial charge in [-0.25, -0.2) is 0 Å². The van der Waals surface area contributed by atoms with E-state index in [1.807, 2.05) is 31.2 Å². The molecular formula is C14H21NO4. The maximum atomic E-state index is 11.7. The molecule has 1 aromatic carbocycles. The molecule has 0 fully saturated rings. The summed E-state index contributed by atoms with van der Waals surface area (Å²) in [4.78, 5) is 11.7. The van der Waals surface area contributed by atoms with E-state index in [0.29, 0.717) is 18.8 Å². The Kier molecular flexibility index (Phi) is 6.92. The van der Waals surface area contributed by atoms with Crippen LogP contribution >= 0.6 is 0 Å². The first-order valence-electron chi connectivity index (χ1n) is 6.25. The highest BCUT2D eigenvalue weighted by atomic mass is 16.5. The molecule has 0 aromatic heterocycles. The number of aliphatic hydroxyl groups excluding tert-OH is 1. The molecule has 1 unspecified atom stereocenters. The van der Waals surface area contributed by atoms with Gasteiger partial charge in [0, 0.05) is 13.7 Å². The third-order valence-electron chi connectivity index (χ3n) is 2.66. The Balaban J connectivity index is 2.40. The van der Waals surface area contributed by atoms with Crippen molar-refractivity contribution in [2.45, 2.75) is 19.4 Å². The molecule has 1 rings (SSSR count). The Morgan fingerprint density at radius 1 is 1.42 bits per heavy atom. The van der Waals surface area contributed by atoms with Crippen molar-refractivity contribution in [2.24, 2.45) is 0 Å². The fraction of sp³-hybridized carbons (Fsp3) is 0.500. The van der Waals surface area contributed by atoms with Gasteiger partial charge in [0.1, 0.15) is 5.75 Å². The number of carbonyl (C=O) groups is 1. The van der Waals surface area contributed by atoms with Crippen molar-refractivity contribution in [1.82, 2.24) is 5.32 Å². The van der Waals surface area contributed by atoms with E-state index in [9.17, 15) is 4.79 Å². The summed E-state index contributed by atoms with van der Waals surface area (Å²) in [6.45, 7) is 2.26. The van der Waals surface area contributed by atoms with E-state index < -0.39 is 0 Å².